The minimum absolute atomic E-state index is 0.0605. The van der Waals surface area contributed by atoms with Crippen molar-refractivity contribution in [1.29, 1.82) is 0 Å². The topological polar surface area (TPSA) is 89.3 Å². The summed E-state index contributed by atoms with van der Waals surface area (Å²) in [6, 6.07) is 10.5. The highest BCUT2D eigenvalue weighted by atomic mass is 32.2. The summed E-state index contributed by atoms with van der Waals surface area (Å²) in [4.78, 5) is 12.6. The monoisotopic (exact) mass is 372 g/mol. The Labute approximate surface area is 154 Å². The summed E-state index contributed by atoms with van der Waals surface area (Å²) >= 11 is 0. The van der Waals surface area contributed by atoms with Crippen LogP contribution in [-0.4, -0.2) is 14.3 Å². The van der Waals surface area contributed by atoms with Crippen LogP contribution in [0.2, 0.25) is 0 Å². The Hall–Kier alpha value is -2.18. The molecule has 2 aromatic rings. The van der Waals surface area contributed by atoms with Gasteiger partial charge in [0, 0.05) is 5.56 Å². The first-order chi connectivity index (χ1) is 12.3. The van der Waals surface area contributed by atoms with Gasteiger partial charge in [-0.2, -0.15) is 0 Å². The van der Waals surface area contributed by atoms with E-state index in [0.29, 0.717) is 11.1 Å². The van der Waals surface area contributed by atoms with Crippen LogP contribution in [-0.2, 0) is 22.9 Å². The molecule has 5 nitrogen and oxygen atoms in total. The lowest BCUT2D eigenvalue weighted by Crippen LogP contribution is -2.28. The zero-order valence-electron chi connectivity index (χ0n) is 15.1. The number of hydrogen-bond acceptors (Lipinski definition) is 3. The molecule has 1 unspecified atom stereocenters. The quantitative estimate of drug-likeness (QED) is 0.864. The summed E-state index contributed by atoms with van der Waals surface area (Å²) in [5.41, 5.74) is 4.84. The van der Waals surface area contributed by atoms with Crippen molar-refractivity contribution in [3.8, 4) is 0 Å². The van der Waals surface area contributed by atoms with E-state index in [-0.39, 0.29) is 16.8 Å². The van der Waals surface area contributed by atoms with Crippen molar-refractivity contribution in [2.24, 2.45) is 5.14 Å². The molecule has 3 rings (SSSR count). The summed E-state index contributed by atoms with van der Waals surface area (Å²) in [7, 11) is -3.85. The first-order valence-electron chi connectivity index (χ1n) is 8.82. The lowest BCUT2D eigenvalue weighted by molar-refractivity contribution is 0.0939. The molecule has 2 aromatic carbocycles. The van der Waals surface area contributed by atoms with Gasteiger partial charge in [-0.1, -0.05) is 24.3 Å². The zero-order valence-corrected chi connectivity index (χ0v) is 15.9. The maximum Gasteiger partial charge on any atom is 0.252 e. The van der Waals surface area contributed by atoms with Crippen LogP contribution in [0.25, 0.3) is 0 Å². The second-order valence-corrected chi connectivity index (χ2v) is 8.51. The van der Waals surface area contributed by atoms with Crippen molar-refractivity contribution in [3.63, 3.8) is 0 Å². The van der Waals surface area contributed by atoms with Gasteiger partial charge in [-0.25, -0.2) is 13.6 Å². The highest BCUT2D eigenvalue weighted by Crippen LogP contribution is 2.25. The molecule has 1 atom stereocenters. The van der Waals surface area contributed by atoms with Gasteiger partial charge in [0.25, 0.3) is 5.91 Å². The summed E-state index contributed by atoms with van der Waals surface area (Å²) in [6.45, 7) is 3.70. The lowest BCUT2D eigenvalue weighted by atomic mass is 9.89. The van der Waals surface area contributed by atoms with Crippen molar-refractivity contribution in [2.45, 2.75) is 50.5 Å². The number of nitrogens with one attached hydrogen (secondary N) is 1. The van der Waals surface area contributed by atoms with Gasteiger partial charge in [-0.15, -0.1) is 0 Å². The van der Waals surface area contributed by atoms with Crippen molar-refractivity contribution in [2.75, 3.05) is 0 Å². The molecule has 1 aliphatic rings. The molecule has 0 bridgehead atoms. The number of nitrogens with two attached hydrogens (primary N) is 1. The molecule has 1 amide bonds. The molecule has 0 fully saturated rings. The summed E-state index contributed by atoms with van der Waals surface area (Å²) in [5, 5.41) is 8.14. The van der Waals surface area contributed by atoms with E-state index in [1.165, 1.54) is 36.1 Å². The number of carbonyl (C=O) groups is 1. The van der Waals surface area contributed by atoms with E-state index in [1.54, 1.807) is 13.0 Å². The number of sulfonamides is 1. The standard InChI is InChI=1S/C20H24N2O3S/c1-13-7-10-18(26(21,24)25)12-19(13)20(23)22-14(2)16-9-8-15-5-3-4-6-17(15)11-16/h7-12,14H,3-6H2,1-2H3,(H,22,23)(H2,21,24,25). The molecule has 0 heterocycles. The minimum atomic E-state index is -3.85. The Morgan fingerprint density at radius 2 is 1.77 bits per heavy atom. The van der Waals surface area contributed by atoms with Crippen LogP contribution in [0, 0.1) is 6.92 Å². The highest BCUT2D eigenvalue weighted by molar-refractivity contribution is 7.89. The largest absolute Gasteiger partial charge is 0.346 e. The summed E-state index contributed by atoms with van der Waals surface area (Å²) in [5.74, 6) is -0.307. The fourth-order valence-corrected chi connectivity index (χ4v) is 3.94. The van der Waals surface area contributed by atoms with Gasteiger partial charge >= 0.3 is 0 Å². The number of carbonyl (C=O) groups excluding carboxylic acids is 1. The van der Waals surface area contributed by atoms with Crippen LogP contribution < -0.4 is 10.5 Å². The molecule has 0 aromatic heterocycles. The molecule has 0 saturated carbocycles. The van der Waals surface area contributed by atoms with Crippen molar-refractivity contribution < 1.29 is 13.2 Å². The SMILES string of the molecule is Cc1ccc(S(N)(=O)=O)cc1C(=O)NC(C)c1ccc2c(c1)CCCC2. The molecule has 1 aliphatic carbocycles. The minimum Gasteiger partial charge on any atom is -0.346 e. The second kappa shape index (κ2) is 7.21. The van der Waals surface area contributed by atoms with Gasteiger partial charge < -0.3 is 5.32 Å². The van der Waals surface area contributed by atoms with E-state index >= 15 is 0 Å². The predicted octanol–water partition coefficient (Wildman–Crippen LogP) is 3.01. The molecule has 138 valence electrons. The number of amides is 1. The van der Waals surface area contributed by atoms with E-state index in [2.05, 4.69) is 23.5 Å². The van der Waals surface area contributed by atoms with Crippen molar-refractivity contribution in [1.82, 2.24) is 5.32 Å². The molecular weight excluding hydrogens is 348 g/mol. The molecule has 0 saturated heterocycles. The molecular formula is C20H24N2O3S. The first kappa shape index (κ1) is 18.6. The number of fused-ring (bicyclic) bond motifs is 1. The highest BCUT2D eigenvalue weighted by Gasteiger charge is 2.18. The zero-order chi connectivity index (χ0) is 18.9. The molecule has 0 radical (unpaired) electrons. The molecule has 0 aliphatic heterocycles. The van der Waals surface area contributed by atoms with Crippen LogP contribution in [0.4, 0.5) is 0 Å². The molecule has 0 spiro atoms. The van der Waals surface area contributed by atoms with Gasteiger partial charge in [-0.3, -0.25) is 4.79 Å². The van der Waals surface area contributed by atoms with Crippen molar-refractivity contribution >= 4 is 15.9 Å². The Balaban J connectivity index is 1.81. The van der Waals surface area contributed by atoms with Gasteiger partial charge in [0.1, 0.15) is 0 Å². The van der Waals surface area contributed by atoms with Crippen LogP contribution >= 0.6 is 0 Å². The third kappa shape index (κ3) is 3.97. The summed E-state index contributed by atoms with van der Waals surface area (Å²) < 4.78 is 23.1. The van der Waals surface area contributed by atoms with E-state index < -0.39 is 10.0 Å². The smallest absolute Gasteiger partial charge is 0.252 e. The van der Waals surface area contributed by atoms with Gasteiger partial charge in [-0.05, 0) is 73.9 Å². The summed E-state index contributed by atoms with van der Waals surface area (Å²) in [6.07, 6.45) is 4.64. The predicted molar refractivity (Wildman–Crippen MR) is 102 cm³/mol. The Kier molecular flexibility index (Phi) is 5.16. The van der Waals surface area contributed by atoms with Crippen LogP contribution in [0.5, 0.6) is 0 Å². The average Bonchev–Trinajstić information content (AvgIpc) is 2.60. The van der Waals surface area contributed by atoms with E-state index in [9.17, 15) is 13.2 Å². The molecule has 6 heteroatoms. The Morgan fingerprint density at radius 1 is 1.08 bits per heavy atom. The maximum absolute atomic E-state index is 12.7. The maximum atomic E-state index is 12.7. The van der Waals surface area contributed by atoms with Crippen LogP contribution in [0.15, 0.2) is 41.3 Å². The third-order valence-electron chi connectivity index (χ3n) is 5.00. The average molecular weight is 372 g/mol. The van der Waals surface area contributed by atoms with Crippen LogP contribution in [0.1, 0.15) is 58.4 Å². The first-order valence-corrected chi connectivity index (χ1v) is 10.4. The number of rotatable bonds is 4. The van der Waals surface area contributed by atoms with Crippen molar-refractivity contribution in [3.05, 3.63) is 64.2 Å². The normalized spacial score (nSPS) is 15.2. The third-order valence-corrected chi connectivity index (χ3v) is 5.91. The number of benzene rings is 2. The van der Waals surface area contributed by atoms with Gasteiger partial charge in [0.05, 0.1) is 10.9 Å². The Bertz CT molecular complexity index is 952. The fourth-order valence-electron chi connectivity index (χ4n) is 3.40. The van der Waals surface area contributed by atoms with E-state index in [0.717, 1.165) is 18.4 Å². The number of primary sulfonamides is 1. The Morgan fingerprint density at radius 3 is 2.46 bits per heavy atom. The van der Waals surface area contributed by atoms with Gasteiger partial charge in [0.2, 0.25) is 10.0 Å². The van der Waals surface area contributed by atoms with E-state index in [4.69, 9.17) is 5.14 Å². The molecule has 3 N–H and O–H groups in total. The lowest BCUT2D eigenvalue weighted by Gasteiger charge is -2.20. The van der Waals surface area contributed by atoms with Crippen LogP contribution in [0.3, 0.4) is 0 Å². The number of hydrogen-bond donors (Lipinski definition) is 2. The van der Waals surface area contributed by atoms with E-state index in [1.807, 2.05) is 6.92 Å². The van der Waals surface area contributed by atoms with Gasteiger partial charge in [0.15, 0.2) is 0 Å². The number of aryl methyl sites for hydroxylation is 3. The second-order valence-electron chi connectivity index (χ2n) is 6.95. The fraction of sp³-hybridized carbons (Fsp3) is 0.350. The molecule has 26 heavy (non-hydrogen) atoms.